The van der Waals surface area contributed by atoms with Crippen LogP contribution in [0.3, 0.4) is 0 Å². The summed E-state index contributed by atoms with van der Waals surface area (Å²) in [6.07, 6.45) is 0. The van der Waals surface area contributed by atoms with E-state index >= 15 is 0 Å². The number of halogens is 1. The van der Waals surface area contributed by atoms with Crippen LogP contribution in [0.2, 0.25) is 5.15 Å². The van der Waals surface area contributed by atoms with Crippen LogP contribution in [-0.2, 0) is 0 Å². The van der Waals surface area contributed by atoms with Crippen LogP contribution < -0.4 is 0 Å². The van der Waals surface area contributed by atoms with Crippen LogP contribution in [0.4, 0.5) is 0 Å². The molecule has 71 valence electrons. The molecule has 0 spiro atoms. The van der Waals surface area contributed by atoms with E-state index in [9.17, 15) is 4.79 Å². The second-order valence-corrected chi connectivity index (χ2v) is 3.23. The van der Waals surface area contributed by atoms with Gasteiger partial charge >= 0.3 is 5.97 Å². The van der Waals surface area contributed by atoms with E-state index in [4.69, 9.17) is 16.7 Å². The van der Waals surface area contributed by atoms with Crippen LogP contribution in [0.1, 0.15) is 10.4 Å². The zero-order valence-electron chi connectivity index (χ0n) is 8.07. The Balaban J connectivity index is 0.00000112. The van der Waals surface area contributed by atoms with Gasteiger partial charge in [-0.25, -0.2) is 9.78 Å². The molecule has 0 saturated carbocycles. The molecule has 15 heavy (non-hydrogen) atoms. The SMILES string of the molecule is O=C(O)c1ccc2nc(Cl)ccc2c1.[Li]. The number of aromatic nitrogens is 1. The Kier molecular flexibility index (Phi) is 3.76. The minimum Gasteiger partial charge on any atom is -0.478 e. The summed E-state index contributed by atoms with van der Waals surface area (Å²) >= 11 is 5.69. The van der Waals surface area contributed by atoms with Crippen molar-refractivity contribution in [1.29, 1.82) is 0 Å². The van der Waals surface area contributed by atoms with Crippen LogP contribution >= 0.6 is 11.6 Å². The maximum absolute atomic E-state index is 10.7. The molecule has 0 saturated heterocycles. The van der Waals surface area contributed by atoms with Crippen molar-refractivity contribution in [2.75, 3.05) is 0 Å². The van der Waals surface area contributed by atoms with Gasteiger partial charge in [0, 0.05) is 24.2 Å². The van der Waals surface area contributed by atoms with Gasteiger partial charge in [-0.15, -0.1) is 0 Å². The van der Waals surface area contributed by atoms with Crippen molar-refractivity contribution in [3.63, 3.8) is 0 Å². The first-order valence-electron chi connectivity index (χ1n) is 3.96. The summed E-state index contributed by atoms with van der Waals surface area (Å²) in [5.74, 6) is -0.943. The van der Waals surface area contributed by atoms with Crippen LogP contribution in [-0.4, -0.2) is 34.9 Å². The Morgan fingerprint density at radius 1 is 1.27 bits per heavy atom. The molecule has 0 unspecified atom stereocenters. The number of aromatic carboxylic acids is 1. The van der Waals surface area contributed by atoms with E-state index in [1.165, 1.54) is 6.07 Å². The van der Waals surface area contributed by atoms with E-state index in [-0.39, 0.29) is 24.4 Å². The molecule has 2 rings (SSSR count). The Morgan fingerprint density at radius 3 is 2.67 bits per heavy atom. The van der Waals surface area contributed by atoms with Gasteiger partial charge in [-0.3, -0.25) is 0 Å². The molecule has 2 aromatic rings. The zero-order chi connectivity index (χ0) is 10.1. The predicted octanol–water partition coefficient (Wildman–Crippen LogP) is 2.21. The Bertz CT molecular complexity index is 516. The third kappa shape index (κ3) is 2.51. The largest absolute Gasteiger partial charge is 0.478 e. The number of carbonyl (C=O) groups is 1. The van der Waals surface area contributed by atoms with Crippen molar-refractivity contribution in [3.8, 4) is 0 Å². The van der Waals surface area contributed by atoms with Crippen molar-refractivity contribution in [1.82, 2.24) is 4.98 Å². The topological polar surface area (TPSA) is 50.2 Å². The summed E-state index contributed by atoms with van der Waals surface area (Å²) in [7, 11) is 0. The molecule has 1 N–H and O–H groups in total. The quantitative estimate of drug-likeness (QED) is 0.585. The van der Waals surface area contributed by atoms with Gasteiger partial charge in [-0.1, -0.05) is 11.6 Å². The molecule has 0 aliphatic heterocycles. The van der Waals surface area contributed by atoms with Gasteiger partial charge in [-0.2, -0.15) is 0 Å². The zero-order valence-corrected chi connectivity index (χ0v) is 8.82. The van der Waals surface area contributed by atoms with Gasteiger partial charge in [0.25, 0.3) is 0 Å². The molecule has 1 radical (unpaired) electrons. The number of hydrogen-bond donors (Lipinski definition) is 1. The summed E-state index contributed by atoms with van der Waals surface area (Å²) < 4.78 is 0. The molecular formula is C10H6ClLiNO2. The van der Waals surface area contributed by atoms with Gasteiger partial charge in [0.2, 0.25) is 0 Å². The molecule has 1 aromatic heterocycles. The van der Waals surface area contributed by atoms with E-state index in [0.717, 1.165) is 5.39 Å². The monoisotopic (exact) mass is 214 g/mol. The molecular weight excluding hydrogens is 209 g/mol. The molecule has 5 heteroatoms. The molecule has 0 fully saturated rings. The van der Waals surface area contributed by atoms with Crippen molar-refractivity contribution in [2.45, 2.75) is 0 Å². The molecule has 1 heterocycles. The first kappa shape index (κ1) is 12.1. The first-order valence-corrected chi connectivity index (χ1v) is 4.34. The van der Waals surface area contributed by atoms with Crippen LogP contribution in [0, 0.1) is 0 Å². The summed E-state index contributed by atoms with van der Waals surface area (Å²) in [5.41, 5.74) is 0.948. The first-order chi connectivity index (χ1) is 6.66. The normalized spacial score (nSPS) is 9.67. The number of pyridine rings is 1. The van der Waals surface area contributed by atoms with E-state index in [1.807, 2.05) is 0 Å². The molecule has 0 aliphatic rings. The molecule has 0 bridgehead atoms. The second-order valence-electron chi connectivity index (χ2n) is 2.85. The summed E-state index contributed by atoms with van der Waals surface area (Å²) in [4.78, 5) is 14.7. The van der Waals surface area contributed by atoms with Crippen LogP contribution in [0.5, 0.6) is 0 Å². The average molecular weight is 215 g/mol. The number of carboxylic acid groups (broad SMARTS) is 1. The summed E-state index contributed by atoms with van der Waals surface area (Å²) in [6.45, 7) is 0. The van der Waals surface area contributed by atoms with Crippen molar-refractivity contribution < 1.29 is 9.90 Å². The predicted molar refractivity (Wildman–Crippen MR) is 59.5 cm³/mol. The summed E-state index contributed by atoms with van der Waals surface area (Å²) in [5, 5.41) is 9.93. The smallest absolute Gasteiger partial charge is 0.335 e. The van der Waals surface area contributed by atoms with Gasteiger partial charge in [0.1, 0.15) is 5.15 Å². The average Bonchev–Trinajstić information content (AvgIpc) is 2.16. The number of carboxylic acids is 1. The number of nitrogens with zero attached hydrogens (tertiary/aromatic N) is 1. The van der Waals surface area contributed by atoms with Crippen molar-refractivity contribution in [3.05, 3.63) is 41.0 Å². The fourth-order valence-electron chi connectivity index (χ4n) is 1.23. The summed E-state index contributed by atoms with van der Waals surface area (Å²) in [6, 6.07) is 8.10. The molecule has 0 aliphatic carbocycles. The number of rotatable bonds is 1. The van der Waals surface area contributed by atoms with Crippen molar-refractivity contribution >= 4 is 47.3 Å². The number of fused-ring (bicyclic) bond motifs is 1. The van der Waals surface area contributed by atoms with Gasteiger partial charge in [0.15, 0.2) is 0 Å². The minimum absolute atomic E-state index is 0. The standard InChI is InChI=1S/C10H6ClNO2.Li/c11-9-4-2-6-5-7(10(13)14)1-3-8(6)12-9;/h1-5H,(H,13,14);. The van der Waals surface area contributed by atoms with Gasteiger partial charge in [0.05, 0.1) is 11.1 Å². The van der Waals surface area contributed by atoms with E-state index in [2.05, 4.69) is 4.98 Å². The van der Waals surface area contributed by atoms with Crippen LogP contribution in [0.25, 0.3) is 10.9 Å². The molecule has 0 amide bonds. The molecule has 1 aromatic carbocycles. The maximum atomic E-state index is 10.7. The van der Waals surface area contributed by atoms with Gasteiger partial charge in [-0.05, 0) is 30.3 Å². The molecule has 0 atom stereocenters. The Labute approximate surface area is 103 Å². The third-order valence-corrected chi connectivity index (χ3v) is 2.11. The number of benzene rings is 1. The third-order valence-electron chi connectivity index (χ3n) is 1.90. The fourth-order valence-corrected chi connectivity index (χ4v) is 1.39. The van der Waals surface area contributed by atoms with E-state index < -0.39 is 5.97 Å². The Hall–Kier alpha value is -1.01. The van der Waals surface area contributed by atoms with Gasteiger partial charge < -0.3 is 5.11 Å². The van der Waals surface area contributed by atoms with Crippen molar-refractivity contribution in [2.24, 2.45) is 0 Å². The fraction of sp³-hybridized carbons (Fsp3) is 0. The van der Waals surface area contributed by atoms with E-state index in [0.29, 0.717) is 10.7 Å². The Morgan fingerprint density at radius 2 is 2.00 bits per heavy atom. The second kappa shape index (κ2) is 4.67. The molecule has 3 nitrogen and oxygen atoms in total. The minimum atomic E-state index is -0.943. The van der Waals surface area contributed by atoms with Crippen LogP contribution in [0.15, 0.2) is 30.3 Å². The maximum Gasteiger partial charge on any atom is 0.335 e. The number of hydrogen-bond acceptors (Lipinski definition) is 2. The van der Waals surface area contributed by atoms with E-state index in [1.54, 1.807) is 24.3 Å².